The van der Waals surface area contributed by atoms with Crippen molar-refractivity contribution in [3.63, 3.8) is 0 Å². The molecule has 0 spiro atoms. The zero-order chi connectivity index (χ0) is 24.1. The molecule has 0 aliphatic carbocycles. The molecule has 1 fully saturated rings. The lowest BCUT2D eigenvalue weighted by Gasteiger charge is -2.19. The number of hydrogen-bond acceptors (Lipinski definition) is 13. The molecule has 0 radical (unpaired) electrons. The summed E-state index contributed by atoms with van der Waals surface area (Å²) in [6.07, 6.45) is -5.33. The van der Waals surface area contributed by atoms with Crippen molar-refractivity contribution >= 4 is 40.6 Å². The number of phosphoric acid groups is 3. The Morgan fingerprint density at radius 3 is 2.41 bits per heavy atom. The van der Waals surface area contributed by atoms with E-state index in [9.17, 15) is 33.6 Å². The minimum Gasteiger partial charge on any atom is -0.387 e. The monoisotopic (exact) mass is 526 g/mol. The molecule has 0 bridgehead atoms. The number of nitrogens with two attached hydrogens (primary N) is 1. The molecule has 2 aromatic rings. The second kappa shape index (κ2) is 8.66. The number of aliphatic hydroxyl groups is 2. The van der Waals surface area contributed by atoms with Crippen LogP contribution in [0.5, 0.6) is 0 Å². The Morgan fingerprint density at radius 1 is 1.12 bits per heavy atom. The number of nitrogens with one attached hydrogen (secondary N) is 1. The number of aromatic nitrogens is 4. The largest absolute Gasteiger partial charge is 0.490 e. The molecule has 0 saturated carbocycles. The Balaban J connectivity index is 1.72. The highest BCUT2D eigenvalue weighted by Crippen LogP contribution is 2.66. The van der Waals surface area contributed by atoms with Crippen molar-refractivity contribution in [3.8, 4) is 0 Å². The smallest absolute Gasteiger partial charge is 0.387 e. The van der Waals surface area contributed by atoms with Gasteiger partial charge in [-0.15, -0.1) is 0 Å². The van der Waals surface area contributed by atoms with Gasteiger partial charge >= 0.3 is 23.5 Å². The average molecular weight is 526 g/mol. The van der Waals surface area contributed by atoms with E-state index in [0.717, 1.165) is 10.9 Å². The summed E-state index contributed by atoms with van der Waals surface area (Å²) in [6.45, 7) is -1.01. The number of fused-ring (bicyclic) bond motifs is 1. The van der Waals surface area contributed by atoms with Crippen LogP contribution in [0.1, 0.15) is 6.23 Å². The number of nitrogens with zero attached hydrogens (tertiary/aromatic N) is 3. The van der Waals surface area contributed by atoms with Crippen molar-refractivity contribution in [2.45, 2.75) is 24.5 Å². The Bertz CT molecular complexity index is 1210. The number of aliphatic hydroxyl groups excluding tert-OH is 2. The van der Waals surface area contributed by atoms with Gasteiger partial charge in [-0.1, -0.05) is 0 Å². The standard InChI is InChI=1S/C10H16N5O14P3/c11-10-13-7-4(8(18)14-10)12-2-15(7)9-6(17)5(16)3(27-9)1-26-31(22,23)29-32(24,25)28-30(19,20)21/h2-3,5-6,9,16-17H,1H2,(H,22,23)(H,24,25)(H2,19,20,21)(H3,11,13,14,18)/t3-,5-,6-,9-/m1/s1/i30+1,31+1,32+1. The second-order valence-corrected chi connectivity index (χ2v) is 10.6. The summed E-state index contributed by atoms with van der Waals surface area (Å²) in [5.41, 5.74) is 4.50. The van der Waals surface area contributed by atoms with Crippen LogP contribution in [0.2, 0.25) is 0 Å². The molecule has 0 amide bonds. The normalized spacial score (nSPS) is 27.9. The van der Waals surface area contributed by atoms with Crippen LogP contribution in [0.25, 0.3) is 11.2 Å². The molecule has 32 heavy (non-hydrogen) atoms. The van der Waals surface area contributed by atoms with Crippen LogP contribution in [0.3, 0.4) is 0 Å². The number of imidazole rings is 1. The molecule has 22 heteroatoms. The minimum absolute atomic E-state index is 0.115. The maximum Gasteiger partial charge on any atom is 0.490 e. The summed E-state index contributed by atoms with van der Waals surface area (Å²) in [4.78, 5) is 57.3. The van der Waals surface area contributed by atoms with Crippen molar-refractivity contribution in [1.82, 2.24) is 19.5 Å². The lowest BCUT2D eigenvalue weighted by Crippen LogP contribution is -2.33. The third-order valence-corrected chi connectivity index (χ3v) is 7.68. The highest BCUT2D eigenvalue weighted by Gasteiger charge is 2.47. The van der Waals surface area contributed by atoms with Gasteiger partial charge < -0.3 is 40.3 Å². The van der Waals surface area contributed by atoms with Crippen molar-refractivity contribution < 1.29 is 61.4 Å². The molecular weight excluding hydrogens is 510 g/mol. The molecule has 1 saturated heterocycles. The van der Waals surface area contributed by atoms with Gasteiger partial charge in [0.15, 0.2) is 17.4 Å². The molecule has 9 N–H and O–H groups in total. The first-order valence-electron chi connectivity index (χ1n) is 8.11. The van der Waals surface area contributed by atoms with Crippen LogP contribution in [-0.2, 0) is 31.6 Å². The van der Waals surface area contributed by atoms with E-state index in [1.807, 2.05) is 0 Å². The van der Waals surface area contributed by atoms with Gasteiger partial charge in [0.2, 0.25) is 5.95 Å². The summed E-state index contributed by atoms with van der Waals surface area (Å²) < 4.78 is 51.6. The third kappa shape index (κ3) is 5.67. The van der Waals surface area contributed by atoms with Crippen LogP contribution >= 0.6 is 23.5 Å². The van der Waals surface area contributed by atoms with E-state index < -0.39 is 60.2 Å². The first kappa shape index (κ1) is 25.1. The number of hydrogen-bond donors (Lipinski definition) is 8. The number of phosphoric ester groups is 1. The third-order valence-electron chi connectivity index (χ3n) is 3.88. The molecular formula is C10H16N5O14P3. The predicted octanol–water partition coefficient (Wildman–Crippen LogP) is -2.34. The molecule has 1 aliphatic heterocycles. The van der Waals surface area contributed by atoms with Gasteiger partial charge in [-0.25, -0.2) is 18.7 Å². The van der Waals surface area contributed by atoms with Crippen molar-refractivity contribution in [3.05, 3.63) is 16.7 Å². The van der Waals surface area contributed by atoms with Crippen LogP contribution in [0.15, 0.2) is 11.1 Å². The Morgan fingerprint density at radius 2 is 1.78 bits per heavy atom. The fourth-order valence-corrected chi connectivity index (χ4v) is 5.73. The van der Waals surface area contributed by atoms with Gasteiger partial charge in [0, 0.05) is 0 Å². The SMILES string of the molecule is Nc1nc2c(ncn2[C@@H]2O[C@H](CO[32P](=O)(O)O[32P](=O)(O)O[32P](=O)(O)O)[C@@H](O)[C@H]2O)c(=O)[nH]1. The Labute approximate surface area is 175 Å². The molecule has 180 valence electrons. The van der Waals surface area contributed by atoms with Crippen molar-refractivity contribution in [1.29, 1.82) is 0 Å². The maximum absolute atomic E-state index is 11.9. The van der Waals surface area contributed by atoms with E-state index in [1.165, 1.54) is 0 Å². The average Bonchev–Trinajstić information content (AvgIpc) is 3.12. The zero-order valence-electron chi connectivity index (χ0n) is 15.3. The number of H-pyrrole nitrogens is 1. The van der Waals surface area contributed by atoms with Crippen LogP contribution < -0.4 is 11.3 Å². The summed E-state index contributed by atoms with van der Waals surface area (Å²) in [5.74, 6) is -0.276. The number of aromatic amines is 1. The van der Waals surface area contributed by atoms with Gasteiger partial charge in [-0.3, -0.25) is 18.9 Å². The lowest BCUT2D eigenvalue weighted by molar-refractivity contribution is -0.0503. The van der Waals surface area contributed by atoms with Gasteiger partial charge in [-0.2, -0.15) is 13.6 Å². The zero-order valence-corrected chi connectivity index (χ0v) is 18.0. The maximum atomic E-state index is 11.9. The van der Waals surface area contributed by atoms with Gasteiger partial charge in [0.05, 0.1) is 12.9 Å². The van der Waals surface area contributed by atoms with E-state index in [1.54, 1.807) is 0 Å². The number of ether oxygens (including phenoxy) is 1. The first-order chi connectivity index (χ1) is 14.6. The lowest BCUT2D eigenvalue weighted by atomic mass is 10.1. The Kier molecular flexibility index (Phi) is 6.78. The summed E-state index contributed by atoms with van der Waals surface area (Å²) in [5, 5.41) is 20.4. The van der Waals surface area contributed by atoms with E-state index in [4.69, 9.17) is 25.2 Å². The summed E-state index contributed by atoms with van der Waals surface area (Å²) in [6, 6.07) is 0. The minimum atomic E-state index is -5.73. The highest BCUT2D eigenvalue weighted by atomic mass is 32.3. The number of anilines is 1. The van der Waals surface area contributed by atoms with Gasteiger partial charge in [-0.05, 0) is 0 Å². The first-order valence-corrected chi connectivity index (χ1v) is 12.6. The van der Waals surface area contributed by atoms with E-state index in [2.05, 4.69) is 28.1 Å². The molecule has 6 atom stereocenters. The fraction of sp³-hybridized carbons (Fsp3) is 0.500. The van der Waals surface area contributed by atoms with E-state index in [-0.39, 0.29) is 17.1 Å². The number of nitrogen functional groups attached to an aromatic ring is 1. The van der Waals surface area contributed by atoms with E-state index >= 15 is 0 Å². The van der Waals surface area contributed by atoms with Crippen molar-refractivity contribution in [2.24, 2.45) is 0 Å². The molecule has 0 aromatic carbocycles. The molecule has 3 rings (SSSR count). The van der Waals surface area contributed by atoms with Crippen LogP contribution in [0, 0.1) is 0 Å². The van der Waals surface area contributed by atoms with Gasteiger partial charge in [0.1, 0.15) is 18.3 Å². The highest BCUT2D eigenvalue weighted by molar-refractivity contribution is 7.66. The molecule has 1 aliphatic rings. The fourth-order valence-electron chi connectivity index (χ4n) is 2.70. The Hall–Kier alpha value is -1.56. The van der Waals surface area contributed by atoms with E-state index in [0.29, 0.717) is 0 Å². The quantitative estimate of drug-likeness (QED) is 0.167. The summed E-state index contributed by atoms with van der Waals surface area (Å²) in [7, 11) is -16.8. The molecule has 3 heterocycles. The van der Waals surface area contributed by atoms with Gasteiger partial charge in [0.25, 0.3) is 5.56 Å². The van der Waals surface area contributed by atoms with Crippen molar-refractivity contribution in [2.75, 3.05) is 12.3 Å². The number of rotatable bonds is 8. The van der Waals surface area contributed by atoms with Crippen LogP contribution in [0.4, 0.5) is 5.95 Å². The predicted molar refractivity (Wildman–Crippen MR) is 98.3 cm³/mol. The molecule has 2 aromatic heterocycles. The second-order valence-electron chi connectivity index (χ2n) is 6.21. The molecule has 19 nitrogen and oxygen atoms in total. The van der Waals surface area contributed by atoms with Crippen LogP contribution in [-0.4, -0.2) is 74.2 Å². The molecule has 2 unspecified atom stereocenters. The summed E-state index contributed by atoms with van der Waals surface area (Å²) >= 11 is 0. The topological polar surface area (TPSA) is 299 Å².